The van der Waals surface area contributed by atoms with Crippen molar-refractivity contribution in [3.05, 3.63) is 16.1 Å². The Bertz CT molecular complexity index is 218. The first-order chi connectivity index (χ1) is 5.24. The fraction of sp³-hybridized carbons (Fsp3) is 0.625. The highest BCUT2D eigenvalue weighted by atomic mass is 32.1. The van der Waals surface area contributed by atoms with Gasteiger partial charge >= 0.3 is 0 Å². The van der Waals surface area contributed by atoms with E-state index in [2.05, 4.69) is 29.5 Å². The summed E-state index contributed by atoms with van der Waals surface area (Å²) in [5.41, 5.74) is 1.21. The summed E-state index contributed by atoms with van der Waals surface area (Å²) in [4.78, 5) is 4.46. The molecule has 0 aliphatic carbocycles. The summed E-state index contributed by atoms with van der Waals surface area (Å²) in [5.74, 6) is 0.553. The van der Waals surface area contributed by atoms with Crippen LogP contribution in [0.1, 0.15) is 30.5 Å². The SMILES string of the molecule is CNCc1nc(C(C)C)cs1. The van der Waals surface area contributed by atoms with Crippen molar-refractivity contribution >= 4 is 11.3 Å². The molecule has 1 aromatic rings. The van der Waals surface area contributed by atoms with E-state index in [9.17, 15) is 0 Å². The molecule has 0 aliphatic rings. The Balaban J connectivity index is 2.66. The average molecular weight is 170 g/mol. The third-order valence-electron chi connectivity index (χ3n) is 1.49. The van der Waals surface area contributed by atoms with Crippen LogP contribution < -0.4 is 5.32 Å². The summed E-state index contributed by atoms with van der Waals surface area (Å²) in [7, 11) is 1.94. The quantitative estimate of drug-likeness (QED) is 0.750. The van der Waals surface area contributed by atoms with Crippen LogP contribution in [0, 0.1) is 0 Å². The van der Waals surface area contributed by atoms with E-state index >= 15 is 0 Å². The highest BCUT2D eigenvalue weighted by Crippen LogP contribution is 2.17. The molecule has 2 nitrogen and oxygen atoms in total. The molecule has 0 fully saturated rings. The zero-order valence-corrected chi connectivity index (χ0v) is 8.03. The van der Waals surface area contributed by atoms with E-state index in [-0.39, 0.29) is 0 Å². The molecule has 0 radical (unpaired) electrons. The molecule has 0 spiro atoms. The number of nitrogens with zero attached hydrogens (tertiary/aromatic N) is 1. The van der Waals surface area contributed by atoms with E-state index in [4.69, 9.17) is 0 Å². The lowest BCUT2D eigenvalue weighted by Gasteiger charge is -1.96. The third-order valence-corrected chi connectivity index (χ3v) is 2.36. The molecule has 0 amide bonds. The van der Waals surface area contributed by atoms with Crippen molar-refractivity contribution in [1.29, 1.82) is 0 Å². The molecular weight excluding hydrogens is 156 g/mol. The lowest BCUT2D eigenvalue weighted by Crippen LogP contribution is -2.04. The first-order valence-corrected chi connectivity index (χ1v) is 4.71. The molecule has 0 bridgehead atoms. The van der Waals surface area contributed by atoms with Gasteiger partial charge in [-0.05, 0) is 13.0 Å². The van der Waals surface area contributed by atoms with Gasteiger partial charge in [-0.3, -0.25) is 0 Å². The van der Waals surface area contributed by atoms with Crippen LogP contribution >= 0.6 is 11.3 Å². The summed E-state index contributed by atoms with van der Waals surface area (Å²) in [5, 5.41) is 6.40. The molecule has 0 unspecified atom stereocenters. The predicted octanol–water partition coefficient (Wildman–Crippen LogP) is 1.99. The van der Waals surface area contributed by atoms with Crippen molar-refractivity contribution in [2.75, 3.05) is 7.05 Å². The van der Waals surface area contributed by atoms with Gasteiger partial charge in [-0.1, -0.05) is 13.8 Å². The lowest BCUT2D eigenvalue weighted by atomic mass is 10.2. The van der Waals surface area contributed by atoms with Crippen molar-refractivity contribution < 1.29 is 0 Å². The maximum Gasteiger partial charge on any atom is 0.107 e. The summed E-state index contributed by atoms with van der Waals surface area (Å²) < 4.78 is 0. The van der Waals surface area contributed by atoms with Gasteiger partial charge in [-0.2, -0.15) is 0 Å². The summed E-state index contributed by atoms with van der Waals surface area (Å²) in [6.45, 7) is 5.22. The summed E-state index contributed by atoms with van der Waals surface area (Å²) >= 11 is 1.73. The Labute approximate surface area is 71.7 Å². The van der Waals surface area contributed by atoms with Gasteiger partial charge in [0.25, 0.3) is 0 Å². The van der Waals surface area contributed by atoms with Crippen LogP contribution in [-0.4, -0.2) is 12.0 Å². The zero-order chi connectivity index (χ0) is 8.27. The normalized spacial score (nSPS) is 10.9. The standard InChI is InChI=1S/C8H14N2S/c1-6(2)7-5-11-8(10-7)4-9-3/h5-6,9H,4H2,1-3H3. The Hall–Kier alpha value is -0.410. The largest absolute Gasteiger partial charge is 0.314 e. The highest BCUT2D eigenvalue weighted by molar-refractivity contribution is 7.09. The molecule has 1 aromatic heterocycles. The monoisotopic (exact) mass is 170 g/mol. The number of hydrogen-bond acceptors (Lipinski definition) is 3. The maximum atomic E-state index is 4.46. The minimum Gasteiger partial charge on any atom is -0.314 e. The van der Waals surface area contributed by atoms with Crippen molar-refractivity contribution in [3.8, 4) is 0 Å². The van der Waals surface area contributed by atoms with Crippen LogP contribution in [0.5, 0.6) is 0 Å². The van der Waals surface area contributed by atoms with Crippen molar-refractivity contribution in [1.82, 2.24) is 10.3 Å². The van der Waals surface area contributed by atoms with Crippen LogP contribution in [-0.2, 0) is 6.54 Å². The van der Waals surface area contributed by atoms with E-state index in [1.807, 2.05) is 7.05 Å². The molecule has 1 N–H and O–H groups in total. The van der Waals surface area contributed by atoms with Crippen LogP contribution in [0.4, 0.5) is 0 Å². The van der Waals surface area contributed by atoms with Gasteiger partial charge in [0.2, 0.25) is 0 Å². The molecule has 0 saturated heterocycles. The molecule has 62 valence electrons. The molecule has 0 aromatic carbocycles. The second kappa shape index (κ2) is 3.83. The fourth-order valence-electron chi connectivity index (χ4n) is 0.823. The van der Waals surface area contributed by atoms with Gasteiger partial charge in [-0.15, -0.1) is 11.3 Å². The van der Waals surface area contributed by atoms with Crippen LogP contribution in [0.3, 0.4) is 0 Å². The zero-order valence-electron chi connectivity index (χ0n) is 7.22. The number of thiazole rings is 1. The molecule has 3 heteroatoms. The first kappa shape index (κ1) is 8.68. The van der Waals surface area contributed by atoms with Crippen LogP contribution in [0.15, 0.2) is 5.38 Å². The molecule has 0 atom stereocenters. The Morgan fingerprint density at radius 3 is 2.82 bits per heavy atom. The van der Waals surface area contributed by atoms with Crippen LogP contribution in [0.25, 0.3) is 0 Å². The number of hydrogen-bond donors (Lipinski definition) is 1. The van der Waals surface area contributed by atoms with Gasteiger partial charge < -0.3 is 5.32 Å². The maximum absolute atomic E-state index is 4.46. The second-order valence-corrected chi connectivity index (χ2v) is 3.79. The predicted molar refractivity (Wildman–Crippen MR) is 49.0 cm³/mol. The van der Waals surface area contributed by atoms with E-state index in [0.717, 1.165) is 6.54 Å². The number of nitrogens with one attached hydrogen (secondary N) is 1. The van der Waals surface area contributed by atoms with E-state index < -0.39 is 0 Å². The first-order valence-electron chi connectivity index (χ1n) is 3.83. The molecule has 11 heavy (non-hydrogen) atoms. The smallest absolute Gasteiger partial charge is 0.107 e. The Morgan fingerprint density at radius 2 is 2.36 bits per heavy atom. The van der Waals surface area contributed by atoms with E-state index in [1.165, 1.54) is 10.7 Å². The molecule has 1 heterocycles. The number of rotatable bonds is 3. The third kappa shape index (κ3) is 2.27. The molecular formula is C8H14N2S. The second-order valence-electron chi connectivity index (χ2n) is 2.85. The Morgan fingerprint density at radius 1 is 1.64 bits per heavy atom. The van der Waals surface area contributed by atoms with E-state index in [1.54, 1.807) is 11.3 Å². The van der Waals surface area contributed by atoms with Crippen molar-refractivity contribution in [2.45, 2.75) is 26.3 Å². The average Bonchev–Trinajstić information content (AvgIpc) is 2.37. The number of aromatic nitrogens is 1. The minimum absolute atomic E-state index is 0.553. The van der Waals surface area contributed by atoms with Gasteiger partial charge in [0.1, 0.15) is 5.01 Å². The van der Waals surface area contributed by atoms with Crippen molar-refractivity contribution in [2.24, 2.45) is 0 Å². The molecule has 0 aliphatic heterocycles. The van der Waals surface area contributed by atoms with Crippen LogP contribution in [0.2, 0.25) is 0 Å². The highest BCUT2D eigenvalue weighted by Gasteiger charge is 2.03. The topological polar surface area (TPSA) is 24.9 Å². The summed E-state index contributed by atoms with van der Waals surface area (Å²) in [6.07, 6.45) is 0. The molecule has 1 rings (SSSR count). The van der Waals surface area contributed by atoms with E-state index in [0.29, 0.717) is 5.92 Å². The summed E-state index contributed by atoms with van der Waals surface area (Å²) in [6, 6.07) is 0. The van der Waals surface area contributed by atoms with Gasteiger partial charge in [0, 0.05) is 11.9 Å². The fourth-order valence-corrected chi connectivity index (χ4v) is 1.79. The van der Waals surface area contributed by atoms with Gasteiger partial charge in [0.05, 0.1) is 5.69 Å². The lowest BCUT2D eigenvalue weighted by molar-refractivity contribution is 0.780. The van der Waals surface area contributed by atoms with Gasteiger partial charge in [0.15, 0.2) is 0 Å². The minimum atomic E-state index is 0.553. The van der Waals surface area contributed by atoms with Crippen molar-refractivity contribution in [3.63, 3.8) is 0 Å². The Kier molecular flexibility index (Phi) is 3.02. The molecule has 0 saturated carbocycles. The van der Waals surface area contributed by atoms with Gasteiger partial charge in [-0.25, -0.2) is 4.98 Å².